The Morgan fingerprint density at radius 1 is 1.24 bits per heavy atom. The second kappa shape index (κ2) is 3.66. The number of carboxylic acids is 1. The van der Waals surface area contributed by atoms with Gasteiger partial charge >= 0.3 is 5.97 Å². The monoisotopic (exact) mass is 260 g/mol. The molecule has 0 amide bonds. The highest BCUT2D eigenvalue weighted by atomic mass is 32.2. The molecule has 17 heavy (non-hydrogen) atoms. The molecule has 2 bridgehead atoms. The molecule has 2 N–H and O–H groups in total. The van der Waals surface area contributed by atoms with Crippen LogP contribution in [0.25, 0.3) is 0 Å². The van der Waals surface area contributed by atoms with Gasteiger partial charge in [0.05, 0.1) is 5.92 Å². The minimum atomic E-state index is -3.48. The van der Waals surface area contributed by atoms with E-state index in [1.807, 2.05) is 0 Å². The quantitative estimate of drug-likeness (QED) is 0.740. The van der Waals surface area contributed by atoms with Gasteiger partial charge in [0.2, 0.25) is 0 Å². The van der Waals surface area contributed by atoms with Gasteiger partial charge in [-0.05, 0) is 32.1 Å². The van der Waals surface area contributed by atoms with Crippen LogP contribution in [-0.4, -0.2) is 41.9 Å². The first-order chi connectivity index (χ1) is 7.99. The fourth-order valence-electron chi connectivity index (χ4n) is 3.05. The molecular weight excluding hydrogens is 244 g/mol. The molecule has 3 unspecified atom stereocenters. The number of nitrogens with zero attached hydrogens (tertiary/aromatic N) is 1. The van der Waals surface area contributed by atoms with Crippen LogP contribution in [-0.2, 0) is 15.0 Å². The van der Waals surface area contributed by atoms with Crippen LogP contribution in [0.1, 0.15) is 32.1 Å². The summed E-state index contributed by atoms with van der Waals surface area (Å²) in [5.41, 5.74) is 0. The second-order valence-corrected chi connectivity index (χ2v) is 6.81. The summed E-state index contributed by atoms with van der Waals surface area (Å²) < 4.78 is 28.3. The number of aliphatic carboxylic acids is 1. The topological polar surface area (TPSA) is 86.7 Å². The highest BCUT2D eigenvalue weighted by molar-refractivity contribution is 7.87. The molecule has 3 fully saturated rings. The van der Waals surface area contributed by atoms with Gasteiger partial charge in [-0.2, -0.15) is 17.4 Å². The van der Waals surface area contributed by atoms with Gasteiger partial charge in [0, 0.05) is 18.1 Å². The van der Waals surface area contributed by atoms with E-state index in [9.17, 15) is 13.2 Å². The first kappa shape index (κ1) is 11.4. The third kappa shape index (κ3) is 1.86. The lowest BCUT2D eigenvalue weighted by Gasteiger charge is -2.22. The van der Waals surface area contributed by atoms with Crippen molar-refractivity contribution in [1.82, 2.24) is 9.03 Å². The van der Waals surface area contributed by atoms with Crippen molar-refractivity contribution in [2.24, 2.45) is 5.92 Å². The van der Waals surface area contributed by atoms with E-state index in [0.717, 1.165) is 19.3 Å². The molecule has 7 heteroatoms. The molecule has 96 valence electrons. The maximum atomic E-state index is 12.1. The zero-order valence-corrected chi connectivity index (χ0v) is 10.2. The van der Waals surface area contributed by atoms with Crippen LogP contribution in [0.3, 0.4) is 0 Å². The van der Waals surface area contributed by atoms with Crippen molar-refractivity contribution in [3.8, 4) is 0 Å². The predicted molar refractivity (Wildman–Crippen MR) is 59.5 cm³/mol. The summed E-state index contributed by atoms with van der Waals surface area (Å²) in [7, 11) is -3.48. The van der Waals surface area contributed by atoms with Gasteiger partial charge in [-0.3, -0.25) is 4.79 Å². The van der Waals surface area contributed by atoms with Crippen molar-refractivity contribution in [1.29, 1.82) is 0 Å². The predicted octanol–water partition coefficient (Wildman–Crippen LogP) is -0.0793. The highest BCUT2D eigenvalue weighted by Gasteiger charge is 2.54. The van der Waals surface area contributed by atoms with Crippen molar-refractivity contribution in [3.05, 3.63) is 0 Å². The number of carbonyl (C=O) groups is 1. The zero-order chi connectivity index (χ0) is 12.2. The van der Waals surface area contributed by atoms with E-state index in [2.05, 4.69) is 4.72 Å². The van der Waals surface area contributed by atoms with E-state index >= 15 is 0 Å². The van der Waals surface area contributed by atoms with E-state index < -0.39 is 22.1 Å². The number of nitrogens with one attached hydrogen (secondary N) is 1. The average Bonchev–Trinajstić information content (AvgIpc) is 2.84. The Hall–Kier alpha value is -0.660. The number of carboxylic acid groups (broad SMARTS) is 1. The summed E-state index contributed by atoms with van der Waals surface area (Å²) >= 11 is 0. The molecular formula is C10H16N2O4S. The molecule has 6 nitrogen and oxygen atoms in total. The van der Waals surface area contributed by atoms with Crippen LogP contribution in [0.2, 0.25) is 0 Å². The van der Waals surface area contributed by atoms with Crippen LogP contribution in [0, 0.1) is 5.92 Å². The van der Waals surface area contributed by atoms with E-state index in [1.165, 1.54) is 4.31 Å². The first-order valence-electron chi connectivity index (χ1n) is 6.02. The maximum Gasteiger partial charge on any atom is 0.308 e. The third-order valence-electron chi connectivity index (χ3n) is 3.96. The van der Waals surface area contributed by atoms with Crippen LogP contribution < -0.4 is 4.72 Å². The molecule has 2 aliphatic heterocycles. The van der Waals surface area contributed by atoms with Gasteiger partial charge in [-0.25, -0.2) is 0 Å². The lowest BCUT2D eigenvalue weighted by Crippen LogP contribution is -2.45. The van der Waals surface area contributed by atoms with Crippen molar-refractivity contribution in [2.75, 3.05) is 0 Å². The molecule has 3 rings (SSSR count). The molecule has 0 radical (unpaired) electrons. The molecule has 3 aliphatic rings. The van der Waals surface area contributed by atoms with E-state index in [1.54, 1.807) is 0 Å². The van der Waals surface area contributed by atoms with Crippen molar-refractivity contribution >= 4 is 16.2 Å². The number of rotatable bonds is 4. The molecule has 0 aromatic carbocycles. The van der Waals surface area contributed by atoms with Crippen molar-refractivity contribution in [2.45, 2.75) is 50.2 Å². The van der Waals surface area contributed by atoms with Gasteiger partial charge < -0.3 is 5.11 Å². The minimum Gasteiger partial charge on any atom is -0.481 e. The average molecular weight is 260 g/mol. The molecule has 0 aromatic heterocycles. The van der Waals surface area contributed by atoms with Crippen LogP contribution in [0.15, 0.2) is 0 Å². The lowest BCUT2D eigenvalue weighted by atomic mass is 9.89. The Morgan fingerprint density at radius 3 is 2.47 bits per heavy atom. The molecule has 2 saturated heterocycles. The minimum absolute atomic E-state index is 0.0725. The van der Waals surface area contributed by atoms with E-state index in [-0.39, 0.29) is 18.1 Å². The molecule has 0 aromatic rings. The van der Waals surface area contributed by atoms with Gasteiger partial charge in [-0.15, -0.1) is 0 Å². The SMILES string of the molecule is O=C(O)C1CC2CCC1N2S(=O)(=O)NC1CC1. The molecule has 1 saturated carbocycles. The number of fused-ring (bicyclic) bond motifs is 2. The summed E-state index contributed by atoms with van der Waals surface area (Å²) in [6.45, 7) is 0. The Kier molecular flexibility index (Phi) is 2.46. The van der Waals surface area contributed by atoms with Crippen molar-refractivity contribution < 1.29 is 18.3 Å². The lowest BCUT2D eigenvalue weighted by molar-refractivity contribution is -0.142. The van der Waals surface area contributed by atoms with E-state index in [4.69, 9.17) is 5.11 Å². The fraction of sp³-hybridized carbons (Fsp3) is 0.900. The maximum absolute atomic E-state index is 12.1. The van der Waals surface area contributed by atoms with E-state index in [0.29, 0.717) is 12.8 Å². The van der Waals surface area contributed by atoms with Gasteiger partial charge in [-0.1, -0.05) is 0 Å². The van der Waals surface area contributed by atoms with Gasteiger partial charge in [0.1, 0.15) is 0 Å². The third-order valence-corrected chi connectivity index (χ3v) is 5.72. The Balaban J connectivity index is 1.82. The largest absolute Gasteiger partial charge is 0.481 e. The number of hydrogen-bond acceptors (Lipinski definition) is 3. The summed E-state index contributed by atoms with van der Waals surface area (Å²) in [5, 5.41) is 9.07. The summed E-state index contributed by atoms with van der Waals surface area (Å²) in [5.74, 6) is -1.40. The Morgan fingerprint density at radius 2 is 1.94 bits per heavy atom. The normalized spacial score (nSPS) is 37.5. The smallest absolute Gasteiger partial charge is 0.308 e. The molecule has 1 aliphatic carbocycles. The Bertz CT molecular complexity index is 445. The molecule has 3 atom stereocenters. The van der Waals surface area contributed by atoms with Crippen LogP contribution in [0.5, 0.6) is 0 Å². The van der Waals surface area contributed by atoms with Crippen LogP contribution in [0.4, 0.5) is 0 Å². The molecule has 0 spiro atoms. The Labute approximate surface area is 100 Å². The van der Waals surface area contributed by atoms with Crippen molar-refractivity contribution in [3.63, 3.8) is 0 Å². The fourth-order valence-corrected chi connectivity index (χ4v) is 5.02. The summed E-state index contributed by atoms with van der Waals surface area (Å²) in [6, 6.07) is -0.380. The second-order valence-electron chi connectivity index (χ2n) is 5.21. The molecule has 2 heterocycles. The highest BCUT2D eigenvalue weighted by Crippen LogP contribution is 2.43. The summed E-state index contributed by atoms with van der Waals surface area (Å²) in [4.78, 5) is 11.1. The number of hydrogen-bond donors (Lipinski definition) is 2. The zero-order valence-electron chi connectivity index (χ0n) is 9.37. The first-order valence-corrected chi connectivity index (χ1v) is 7.46. The van der Waals surface area contributed by atoms with Crippen LogP contribution >= 0.6 is 0 Å². The van der Waals surface area contributed by atoms with Gasteiger partial charge in [0.25, 0.3) is 10.2 Å². The standard InChI is InChI=1S/C10H16N2O4S/c13-10(14)8-5-7-3-4-9(8)12(7)17(15,16)11-6-1-2-6/h6-9,11H,1-5H2,(H,13,14). The van der Waals surface area contributed by atoms with Gasteiger partial charge in [0.15, 0.2) is 0 Å². The summed E-state index contributed by atoms with van der Waals surface area (Å²) in [6.07, 6.45) is 3.72.